The molecule has 0 aliphatic carbocycles. The predicted molar refractivity (Wildman–Crippen MR) is 168 cm³/mol. The Morgan fingerprint density at radius 2 is 2.00 bits per heavy atom. The molecule has 2 aliphatic rings. The summed E-state index contributed by atoms with van der Waals surface area (Å²) >= 11 is 1.57. The Hall–Kier alpha value is -4.19. The quantitative estimate of drug-likeness (QED) is 0.191. The average molecular weight is 616 g/mol. The molecular formula is C33H34FN5O4S. The standard InChI is InChI=1S/C33H34FN5O4S/c1-2-29(40)39-12-8-24(20-39)33(41)36-11-13-42-14-15-43-28-18-25(34)5-6-26(28)31-32-27(9-16-44-32)30(37-38-31)22-3-4-23-19-35-10-7-21(23)17-22/h2-6,9,16-18,24,35H,1,7-8,10-15,19-20H2,(H,36,41). The van der Waals surface area contributed by atoms with Gasteiger partial charge in [-0.2, -0.15) is 0 Å². The zero-order valence-electron chi connectivity index (χ0n) is 24.3. The lowest BCUT2D eigenvalue weighted by Crippen LogP contribution is -2.35. The van der Waals surface area contributed by atoms with Gasteiger partial charge in [-0.05, 0) is 66.2 Å². The van der Waals surface area contributed by atoms with Crippen LogP contribution in [-0.4, -0.2) is 72.9 Å². The molecule has 4 heterocycles. The molecular weight excluding hydrogens is 581 g/mol. The van der Waals surface area contributed by atoms with Gasteiger partial charge in [-0.1, -0.05) is 18.7 Å². The molecule has 1 unspecified atom stereocenters. The Morgan fingerprint density at radius 3 is 2.89 bits per heavy atom. The van der Waals surface area contributed by atoms with Crippen molar-refractivity contribution in [3.63, 3.8) is 0 Å². The van der Waals surface area contributed by atoms with Crippen LogP contribution < -0.4 is 15.4 Å². The van der Waals surface area contributed by atoms with Gasteiger partial charge in [0.25, 0.3) is 0 Å². The van der Waals surface area contributed by atoms with E-state index >= 15 is 0 Å². The van der Waals surface area contributed by atoms with Crippen molar-refractivity contribution in [2.24, 2.45) is 5.92 Å². The summed E-state index contributed by atoms with van der Waals surface area (Å²) in [6, 6.07) is 12.9. The van der Waals surface area contributed by atoms with Gasteiger partial charge in [-0.25, -0.2) is 4.39 Å². The number of halogens is 1. The molecule has 9 nitrogen and oxygen atoms in total. The van der Waals surface area contributed by atoms with Crippen LogP contribution in [0, 0.1) is 11.7 Å². The number of hydrogen-bond donors (Lipinski definition) is 2. The van der Waals surface area contributed by atoms with Crippen LogP contribution in [0.25, 0.3) is 32.6 Å². The summed E-state index contributed by atoms with van der Waals surface area (Å²) in [6.07, 6.45) is 2.88. The fourth-order valence-corrected chi connectivity index (χ4v) is 6.60. The molecule has 0 radical (unpaired) electrons. The van der Waals surface area contributed by atoms with Crippen molar-refractivity contribution in [1.29, 1.82) is 0 Å². The molecule has 228 valence electrons. The van der Waals surface area contributed by atoms with Crippen LogP contribution in [0.1, 0.15) is 17.5 Å². The van der Waals surface area contributed by atoms with Gasteiger partial charge in [0.2, 0.25) is 11.8 Å². The lowest BCUT2D eigenvalue weighted by molar-refractivity contribution is -0.126. The van der Waals surface area contributed by atoms with Crippen molar-refractivity contribution < 1.29 is 23.5 Å². The van der Waals surface area contributed by atoms with E-state index in [1.165, 1.54) is 29.3 Å². The number of nitrogens with one attached hydrogen (secondary N) is 2. The van der Waals surface area contributed by atoms with Crippen molar-refractivity contribution in [2.75, 3.05) is 46.0 Å². The highest BCUT2D eigenvalue weighted by atomic mass is 32.1. The van der Waals surface area contributed by atoms with Crippen molar-refractivity contribution in [1.82, 2.24) is 25.7 Å². The third kappa shape index (κ3) is 6.50. The summed E-state index contributed by atoms with van der Waals surface area (Å²) in [5.74, 6) is -0.527. The first kappa shape index (κ1) is 29.9. The van der Waals surface area contributed by atoms with Gasteiger partial charge in [0.15, 0.2) is 0 Å². The van der Waals surface area contributed by atoms with Crippen LogP contribution in [0.3, 0.4) is 0 Å². The van der Waals surface area contributed by atoms with Crippen LogP contribution >= 0.6 is 11.3 Å². The topological polar surface area (TPSA) is 106 Å². The van der Waals surface area contributed by atoms with Crippen molar-refractivity contribution in [3.05, 3.63) is 77.4 Å². The van der Waals surface area contributed by atoms with Crippen LogP contribution in [0.15, 0.2) is 60.5 Å². The van der Waals surface area contributed by atoms with Gasteiger partial charge < -0.3 is 25.0 Å². The number of thiophene rings is 1. The highest BCUT2D eigenvalue weighted by molar-refractivity contribution is 7.17. The maximum Gasteiger partial charge on any atom is 0.245 e. The first-order valence-electron chi connectivity index (χ1n) is 14.8. The third-order valence-corrected chi connectivity index (χ3v) is 8.95. The van der Waals surface area contributed by atoms with E-state index in [2.05, 4.69) is 51.7 Å². The normalized spacial score (nSPS) is 16.1. The second kappa shape index (κ2) is 13.6. The largest absolute Gasteiger partial charge is 0.490 e. The molecule has 11 heteroatoms. The molecule has 2 N–H and O–H groups in total. The first-order valence-corrected chi connectivity index (χ1v) is 15.7. The van der Waals surface area contributed by atoms with Crippen LogP contribution in [0.5, 0.6) is 5.75 Å². The van der Waals surface area contributed by atoms with Crippen LogP contribution in [-0.2, 0) is 27.3 Å². The smallest absolute Gasteiger partial charge is 0.245 e. The minimum atomic E-state index is -0.414. The lowest BCUT2D eigenvalue weighted by Gasteiger charge is -2.18. The molecule has 2 aromatic heterocycles. The van der Waals surface area contributed by atoms with Gasteiger partial charge in [0.1, 0.15) is 29.6 Å². The van der Waals surface area contributed by atoms with Gasteiger partial charge in [0.05, 0.1) is 23.8 Å². The van der Waals surface area contributed by atoms with Crippen LogP contribution in [0.2, 0.25) is 0 Å². The number of benzene rings is 2. The Morgan fingerprint density at radius 1 is 1.11 bits per heavy atom. The number of rotatable bonds is 11. The third-order valence-electron chi connectivity index (χ3n) is 8.03. The zero-order valence-corrected chi connectivity index (χ0v) is 25.1. The second-order valence-electron chi connectivity index (χ2n) is 10.8. The van der Waals surface area contributed by atoms with Gasteiger partial charge >= 0.3 is 0 Å². The van der Waals surface area contributed by atoms with E-state index in [4.69, 9.17) is 9.47 Å². The molecule has 2 aromatic carbocycles. The van der Waals surface area contributed by atoms with Crippen molar-refractivity contribution in [2.45, 2.75) is 19.4 Å². The Bertz CT molecular complexity index is 1690. The van der Waals surface area contributed by atoms with E-state index in [9.17, 15) is 14.0 Å². The fourth-order valence-electron chi connectivity index (χ4n) is 5.71. The van der Waals surface area contributed by atoms with E-state index < -0.39 is 5.82 Å². The SMILES string of the molecule is C=CC(=O)N1CCC(C(=O)NCCOCCOc2cc(F)ccc2-c2nnc(-c3ccc4c(c3)CCNC4)c3ccsc23)C1. The molecule has 1 atom stereocenters. The molecule has 4 aromatic rings. The molecule has 2 amide bonds. The minimum Gasteiger partial charge on any atom is -0.490 e. The number of amides is 2. The lowest BCUT2D eigenvalue weighted by atomic mass is 9.96. The van der Waals surface area contributed by atoms with E-state index in [1.54, 1.807) is 22.3 Å². The molecule has 1 saturated heterocycles. The maximum atomic E-state index is 14.3. The highest BCUT2D eigenvalue weighted by Gasteiger charge is 2.29. The maximum absolute atomic E-state index is 14.3. The zero-order chi connectivity index (χ0) is 30.5. The molecule has 0 bridgehead atoms. The van der Waals surface area contributed by atoms with Gasteiger partial charge in [-0.15, -0.1) is 21.5 Å². The summed E-state index contributed by atoms with van der Waals surface area (Å²) in [4.78, 5) is 25.8. The van der Waals surface area contributed by atoms with E-state index in [-0.39, 0.29) is 30.9 Å². The number of hydrogen-bond acceptors (Lipinski definition) is 8. The van der Waals surface area contributed by atoms with E-state index in [1.807, 2.05) is 5.38 Å². The second-order valence-corrected chi connectivity index (χ2v) is 11.8. The molecule has 44 heavy (non-hydrogen) atoms. The molecule has 2 aliphatic heterocycles. The van der Waals surface area contributed by atoms with Gasteiger partial charge in [-0.3, -0.25) is 9.59 Å². The minimum absolute atomic E-state index is 0.0930. The molecule has 0 spiro atoms. The van der Waals surface area contributed by atoms with Gasteiger partial charge in [0, 0.05) is 48.8 Å². The number of likely N-dealkylation sites (tertiary alicyclic amines) is 1. The Kier molecular flexibility index (Phi) is 9.25. The fraction of sp³-hybridized carbons (Fsp3) is 0.333. The number of carbonyl (C=O) groups is 2. The first-order chi connectivity index (χ1) is 21.5. The summed E-state index contributed by atoms with van der Waals surface area (Å²) in [7, 11) is 0. The predicted octanol–water partition coefficient (Wildman–Crippen LogP) is 4.36. The number of ether oxygens (including phenoxy) is 2. The summed E-state index contributed by atoms with van der Waals surface area (Å²) in [5, 5.41) is 18.5. The summed E-state index contributed by atoms with van der Waals surface area (Å²) in [6.45, 7) is 7.38. The molecule has 6 rings (SSSR count). The highest BCUT2D eigenvalue weighted by Crippen LogP contribution is 2.39. The molecule has 1 fully saturated rings. The number of fused-ring (bicyclic) bond motifs is 2. The Balaban J connectivity index is 1.06. The van der Waals surface area contributed by atoms with E-state index in [0.29, 0.717) is 49.7 Å². The van der Waals surface area contributed by atoms with E-state index in [0.717, 1.165) is 40.9 Å². The summed E-state index contributed by atoms with van der Waals surface area (Å²) in [5.41, 5.74) is 5.79. The number of carbonyl (C=O) groups excluding carboxylic acids is 2. The summed E-state index contributed by atoms with van der Waals surface area (Å²) < 4.78 is 26.9. The number of nitrogens with zero attached hydrogens (tertiary/aromatic N) is 3. The van der Waals surface area contributed by atoms with Crippen molar-refractivity contribution in [3.8, 4) is 28.3 Å². The van der Waals surface area contributed by atoms with Crippen molar-refractivity contribution >= 4 is 33.2 Å². The average Bonchev–Trinajstić information content (AvgIpc) is 3.75. The Labute approximate surface area is 259 Å². The van der Waals surface area contributed by atoms with Crippen LogP contribution in [0.4, 0.5) is 4.39 Å². The molecule has 0 saturated carbocycles. The number of aromatic nitrogens is 2. The monoisotopic (exact) mass is 615 g/mol.